The van der Waals surface area contributed by atoms with Crippen molar-refractivity contribution in [2.24, 2.45) is 0 Å². The number of piperazine rings is 1. The van der Waals surface area contributed by atoms with Crippen LogP contribution in [-0.4, -0.2) is 36.1 Å². The predicted molar refractivity (Wildman–Crippen MR) is 46.7 cm³/mol. The molecule has 1 heterocycles. The monoisotopic (exact) mass is 154 g/mol. The molecular weight excluding hydrogens is 136 g/mol. The molecule has 1 aliphatic heterocycles. The third-order valence-electron chi connectivity index (χ3n) is 2.83. The lowest BCUT2D eigenvalue weighted by Gasteiger charge is -2.37. The fraction of sp³-hybridized carbons (Fsp3) is 1.00. The summed E-state index contributed by atoms with van der Waals surface area (Å²) in [5, 5.41) is 3.50. The maximum Gasteiger partial charge on any atom is 0.0196 e. The first-order valence-electron chi connectivity index (χ1n) is 4.76. The Labute approximate surface area is 69.0 Å². The summed E-state index contributed by atoms with van der Waals surface area (Å²) in [6, 6.07) is 2.40. The lowest BCUT2D eigenvalue weighted by molar-refractivity contribution is 0.138. The average Bonchev–Trinajstić information content (AvgIpc) is 2.76. The molecule has 64 valence electrons. The molecule has 0 bridgehead atoms. The summed E-state index contributed by atoms with van der Waals surface area (Å²) in [6.45, 7) is 7.04. The van der Waals surface area contributed by atoms with E-state index in [4.69, 9.17) is 0 Å². The molecule has 0 aromatic carbocycles. The van der Waals surface area contributed by atoms with Crippen molar-refractivity contribution < 1.29 is 0 Å². The van der Waals surface area contributed by atoms with Gasteiger partial charge in [0, 0.05) is 31.2 Å². The van der Waals surface area contributed by atoms with E-state index in [1.807, 2.05) is 0 Å². The Hall–Kier alpha value is -0.0800. The maximum absolute atomic E-state index is 3.50. The fourth-order valence-electron chi connectivity index (χ4n) is 1.96. The van der Waals surface area contributed by atoms with Crippen LogP contribution in [-0.2, 0) is 0 Å². The SMILES string of the molecule is C[C@@H]1CN(C2CC2)[C@H](C)CN1. The van der Waals surface area contributed by atoms with Gasteiger partial charge in [-0.1, -0.05) is 0 Å². The summed E-state index contributed by atoms with van der Waals surface area (Å²) in [5.74, 6) is 0. The molecule has 11 heavy (non-hydrogen) atoms. The van der Waals surface area contributed by atoms with Gasteiger partial charge >= 0.3 is 0 Å². The van der Waals surface area contributed by atoms with Gasteiger partial charge < -0.3 is 5.32 Å². The molecule has 0 aromatic heterocycles. The molecular formula is C9H18N2. The van der Waals surface area contributed by atoms with Gasteiger partial charge in [-0.25, -0.2) is 0 Å². The van der Waals surface area contributed by atoms with Crippen LogP contribution in [0.4, 0.5) is 0 Å². The van der Waals surface area contributed by atoms with Crippen LogP contribution >= 0.6 is 0 Å². The fourth-order valence-corrected chi connectivity index (χ4v) is 1.96. The van der Waals surface area contributed by atoms with Crippen LogP contribution in [0.25, 0.3) is 0 Å². The van der Waals surface area contributed by atoms with Crippen LogP contribution < -0.4 is 5.32 Å². The summed E-state index contributed by atoms with van der Waals surface area (Å²) in [4.78, 5) is 2.67. The zero-order valence-electron chi connectivity index (χ0n) is 7.51. The molecule has 2 fully saturated rings. The minimum Gasteiger partial charge on any atom is -0.311 e. The lowest BCUT2D eigenvalue weighted by Crippen LogP contribution is -2.54. The van der Waals surface area contributed by atoms with Crippen LogP contribution in [0.15, 0.2) is 0 Å². The summed E-state index contributed by atoms with van der Waals surface area (Å²) in [6.07, 6.45) is 2.88. The molecule has 1 saturated carbocycles. The van der Waals surface area contributed by atoms with Gasteiger partial charge in [-0.15, -0.1) is 0 Å². The summed E-state index contributed by atoms with van der Waals surface area (Å²) in [7, 11) is 0. The first-order valence-corrected chi connectivity index (χ1v) is 4.76. The highest BCUT2D eigenvalue weighted by Gasteiger charge is 2.34. The number of hydrogen-bond acceptors (Lipinski definition) is 2. The maximum atomic E-state index is 3.50. The van der Waals surface area contributed by atoms with Gasteiger partial charge in [-0.2, -0.15) is 0 Å². The van der Waals surface area contributed by atoms with Crippen molar-refractivity contribution in [3.05, 3.63) is 0 Å². The van der Waals surface area contributed by atoms with E-state index >= 15 is 0 Å². The number of rotatable bonds is 1. The molecule has 2 heteroatoms. The molecule has 2 atom stereocenters. The summed E-state index contributed by atoms with van der Waals surface area (Å²) in [5.41, 5.74) is 0. The number of nitrogens with one attached hydrogen (secondary N) is 1. The van der Waals surface area contributed by atoms with E-state index in [1.54, 1.807) is 0 Å². The third kappa shape index (κ3) is 1.57. The van der Waals surface area contributed by atoms with Crippen molar-refractivity contribution in [2.45, 2.75) is 44.8 Å². The Kier molecular flexibility index (Phi) is 1.90. The minimum absolute atomic E-state index is 0.701. The Morgan fingerprint density at radius 3 is 2.64 bits per heavy atom. The lowest BCUT2D eigenvalue weighted by atomic mass is 10.1. The third-order valence-corrected chi connectivity index (χ3v) is 2.83. The van der Waals surface area contributed by atoms with E-state index in [-0.39, 0.29) is 0 Å². The van der Waals surface area contributed by atoms with Crippen molar-refractivity contribution in [2.75, 3.05) is 13.1 Å². The Balaban J connectivity index is 1.93. The highest BCUT2D eigenvalue weighted by Crippen LogP contribution is 2.29. The van der Waals surface area contributed by atoms with Crippen LogP contribution in [0, 0.1) is 0 Å². The van der Waals surface area contributed by atoms with Gasteiger partial charge in [0.05, 0.1) is 0 Å². The Morgan fingerprint density at radius 2 is 2.00 bits per heavy atom. The van der Waals surface area contributed by atoms with E-state index in [1.165, 1.54) is 25.9 Å². The van der Waals surface area contributed by atoms with Crippen LogP contribution in [0.5, 0.6) is 0 Å². The highest BCUT2D eigenvalue weighted by atomic mass is 15.3. The molecule has 2 aliphatic rings. The quantitative estimate of drug-likeness (QED) is 0.602. The largest absolute Gasteiger partial charge is 0.311 e. The summed E-state index contributed by atoms with van der Waals surface area (Å²) < 4.78 is 0. The Bertz CT molecular complexity index is 142. The predicted octanol–water partition coefficient (Wildman–Crippen LogP) is 0.831. The molecule has 0 amide bonds. The average molecular weight is 154 g/mol. The van der Waals surface area contributed by atoms with E-state index in [2.05, 4.69) is 24.1 Å². The number of hydrogen-bond donors (Lipinski definition) is 1. The van der Waals surface area contributed by atoms with Gasteiger partial charge in [0.2, 0.25) is 0 Å². The molecule has 2 nitrogen and oxygen atoms in total. The molecule has 1 N–H and O–H groups in total. The van der Waals surface area contributed by atoms with Crippen molar-refractivity contribution in [3.8, 4) is 0 Å². The molecule has 0 unspecified atom stereocenters. The van der Waals surface area contributed by atoms with Gasteiger partial charge in [-0.3, -0.25) is 4.90 Å². The molecule has 1 saturated heterocycles. The Morgan fingerprint density at radius 1 is 1.27 bits per heavy atom. The summed E-state index contributed by atoms with van der Waals surface area (Å²) >= 11 is 0. The topological polar surface area (TPSA) is 15.3 Å². The second kappa shape index (κ2) is 2.76. The molecule has 0 aromatic rings. The normalized spacial score (nSPS) is 40.9. The molecule has 0 spiro atoms. The van der Waals surface area contributed by atoms with Gasteiger partial charge in [0.1, 0.15) is 0 Å². The van der Waals surface area contributed by atoms with Crippen molar-refractivity contribution in [1.29, 1.82) is 0 Å². The van der Waals surface area contributed by atoms with Crippen molar-refractivity contribution >= 4 is 0 Å². The zero-order chi connectivity index (χ0) is 7.84. The van der Waals surface area contributed by atoms with E-state index in [0.29, 0.717) is 6.04 Å². The standard InChI is InChI=1S/C9H18N2/c1-7-6-11(9-3-4-9)8(2)5-10-7/h7-10H,3-6H2,1-2H3/t7-,8-/m1/s1. The van der Waals surface area contributed by atoms with E-state index < -0.39 is 0 Å². The second-order valence-corrected chi connectivity index (χ2v) is 4.09. The highest BCUT2D eigenvalue weighted by molar-refractivity contribution is 4.92. The van der Waals surface area contributed by atoms with Gasteiger partial charge in [0.15, 0.2) is 0 Å². The molecule has 1 aliphatic carbocycles. The first-order chi connectivity index (χ1) is 5.27. The second-order valence-electron chi connectivity index (χ2n) is 4.09. The van der Waals surface area contributed by atoms with Crippen molar-refractivity contribution in [1.82, 2.24) is 10.2 Å². The van der Waals surface area contributed by atoms with Crippen LogP contribution in [0.2, 0.25) is 0 Å². The van der Waals surface area contributed by atoms with Crippen LogP contribution in [0.3, 0.4) is 0 Å². The minimum atomic E-state index is 0.701. The number of nitrogens with zero attached hydrogens (tertiary/aromatic N) is 1. The van der Waals surface area contributed by atoms with Gasteiger partial charge in [-0.05, 0) is 26.7 Å². The smallest absolute Gasteiger partial charge is 0.0196 e. The van der Waals surface area contributed by atoms with Crippen LogP contribution in [0.1, 0.15) is 26.7 Å². The molecule has 2 rings (SSSR count). The molecule has 0 radical (unpaired) electrons. The van der Waals surface area contributed by atoms with Gasteiger partial charge in [0.25, 0.3) is 0 Å². The zero-order valence-corrected chi connectivity index (χ0v) is 7.51. The van der Waals surface area contributed by atoms with E-state index in [9.17, 15) is 0 Å². The van der Waals surface area contributed by atoms with E-state index in [0.717, 1.165) is 12.1 Å². The van der Waals surface area contributed by atoms with Crippen molar-refractivity contribution in [3.63, 3.8) is 0 Å². The first kappa shape index (κ1) is 7.56.